The largest absolute Gasteiger partial charge is 0.493 e. The number of para-hydroxylation sites is 1. The molecule has 1 amide bonds. The molecule has 5 nitrogen and oxygen atoms in total. The number of nitrogens with one attached hydrogen (secondary N) is 1. The van der Waals surface area contributed by atoms with Crippen LogP contribution in [0.2, 0.25) is 0 Å². The van der Waals surface area contributed by atoms with Gasteiger partial charge in [0.2, 0.25) is 0 Å². The molecule has 1 heterocycles. The Hall–Kier alpha value is -2.30. The number of hydrogen-bond acceptors (Lipinski definition) is 3. The highest BCUT2D eigenvalue weighted by Gasteiger charge is 2.24. The van der Waals surface area contributed by atoms with Gasteiger partial charge in [0.25, 0.3) is 5.91 Å². The van der Waals surface area contributed by atoms with E-state index in [4.69, 9.17) is 4.74 Å². The first-order valence-corrected chi connectivity index (χ1v) is 6.98. The van der Waals surface area contributed by atoms with Crippen LogP contribution in [0.4, 0.5) is 0 Å². The van der Waals surface area contributed by atoms with Crippen LogP contribution in [-0.4, -0.2) is 28.3 Å². The van der Waals surface area contributed by atoms with E-state index in [-0.39, 0.29) is 11.4 Å². The zero-order valence-corrected chi connectivity index (χ0v) is 12.9. The molecule has 1 N–H and O–H groups in total. The maximum Gasteiger partial charge on any atom is 0.276 e. The van der Waals surface area contributed by atoms with Gasteiger partial charge >= 0.3 is 0 Å². The summed E-state index contributed by atoms with van der Waals surface area (Å²) < 4.78 is 6.92. The SMILES string of the molecule is CCC(C)(C)NC(=O)c1nn(-c2ccccc2)cc1OC. The maximum atomic E-state index is 12.4. The number of benzene rings is 1. The summed E-state index contributed by atoms with van der Waals surface area (Å²) in [5.41, 5.74) is 0.894. The molecule has 21 heavy (non-hydrogen) atoms. The fourth-order valence-corrected chi connectivity index (χ4v) is 1.83. The predicted molar refractivity (Wildman–Crippen MR) is 82.0 cm³/mol. The van der Waals surface area contributed by atoms with Crippen LogP contribution in [0, 0.1) is 0 Å². The molecule has 112 valence electrons. The van der Waals surface area contributed by atoms with Crippen LogP contribution in [-0.2, 0) is 0 Å². The molecule has 5 heteroatoms. The molecular weight excluding hydrogens is 266 g/mol. The van der Waals surface area contributed by atoms with Gasteiger partial charge in [0.15, 0.2) is 11.4 Å². The van der Waals surface area contributed by atoms with Gasteiger partial charge in [-0.2, -0.15) is 5.10 Å². The van der Waals surface area contributed by atoms with Crippen molar-refractivity contribution >= 4 is 5.91 Å². The summed E-state index contributed by atoms with van der Waals surface area (Å²) in [6, 6.07) is 9.61. The van der Waals surface area contributed by atoms with Gasteiger partial charge in [0.05, 0.1) is 19.0 Å². The summed E-state index contributed by atoms with van der Waals surface area (Å²) >= 11 is 0. The minimum absolute atomic E-state index is 0.228. The van der Waals surface area contributed by atoms with Gasteiger partial charge in [-0.25, -0.2) is 4.68 Å². The number of aromatic nitrogens is 2. The van der Waals surface area contributed by atoms with Crippen LogP contribution in [0.1, 0.15) is 37.7 Å². The number of methoxy groups -OCH3 is 1. The molecule has 0 bridgehead atoms. The molecule has 2 aromatic rings. The fourth-order valence-electron chi connectivity index (χ4n) is 1.83. The molecule has 0 aliphatic heterocycles. The quantitative estimate of drug-likeness (QED) is 0.920. The van der Waals surface area contributed by atoms with E-state index in [2.05, 4.69) is 10.4 Å². The van der Waals surface area contributed by atoms with Crippen molar-refractivity contribution in [3.05, 3.63) is 42.2 Å². The van der Waals surface area contributed by atoms with Crippen molar-refractivity contribution in [2.45, 2.75) is 32.7 Å². The van der Waals surface area contributed by atoms with Crippen molar-refractivity contribution in [2.75, 3.05) is 7.11 Å². The third-order valence-electron chi connectivity index (χ3n) is 3.47. The lowest BCUT2D eigenvalue weighted by Gasteiger charge is -2.23. The molecule has 0 atom stereocenters. The molecule has 1 aromatic carbocycles. The Bertz CT molecular complexity index is 618. The normalized spacial score (nSPS) is 11.2. The van der Waals surface area contributed by atoms with Gasteiger partial charge in [0, 0.05) is 5.54 Å². The third-order valence-corrected chi connectivity index (χ3v) is 3.47. The van der Waals surface area contributed by atoms with Crippen molar-refractivity contribution in [1.82, 2.24) is 15.1 Å². The van der Waals surface area contributed by atoms with E-state index in [0.717, 1.165) is 12.1 Å². The standard InChI is InChI=1S/C16H21N3O2/c1-5-16(2,3)17-15(20)14-13(21-4)11-19(18-14)12-9-7-6-8-10-12/h6-11H,5H2,1-4H3,(H,17,20). The topological polar surface area (TPSA) is 56.2 Å². The van der Waals surface area contributed by atoms with Gasteiger partial charge < -0.3 is 10.1 Å². The van der Waals surface area contributed by atoms with Gasteiger partial charge in [-0.15, -0.1) is 0 Å². The van der Waals surface area contributed by atoms with E-state index in [9.17, 15) is 4.79 Å². The molecule has 0 aliphatic rings. The van der Waals surface area contributed by atoms with E-state index >= 15 is 0 Å². The molecule has 0 aliphatic carbocycles. The summed E-state index contributed by atoms with van der Waals surface area (Å²) in [5.74, 6) is 0.233. The van der Waals surface area contributed by atoms with E-state index < -0.39 is 0 Å². The summed E-state index contributed by atoms with van der Waals surface area (Å²) in [6.45, 7) is 5.98. The minimum atomic E-state index is -0.279. The zero-order valence-electron chi connectivity index (χ0n) is 12.9. The second-order valence-electron chi connectivity index (χ2n) is 5.52. The summed E-state index contributed by atoms with van der Waals surface area (Å²) in [7, 11) is 1.54. The second kappa shape index (κ2) is 5.99. The Morgan fingerprint density at radius 1 is 1.33 bits per heavy atom. The lowest BCUT2D eigenvalue weighted by atomic mass is 10.0. The van der Waals surface area contributed by atoms with Gasteiger partial charge in [-0.05, 0) is 32.4 Å². The molecule has 0 radical (unpaired) electrons. The molecule has 0 fully saturated rings. The van der Waals surface area contributed by atoms with Crippen molar-refractivity contribution < 1.29 is 9.53 Å². The average Bonchev–Trinajstić information content (AvgIpc) is 2.92. The maximum absolute atomic E-state index is 12.4. The zero-order chi connectivity index (χ0) is 15.5. The molecule has 0 unspecified atom stereocenters. The number of rotatable bonds is 5. The highest BCUT2D eigenvalue weighted by Crippen LogP contribution is 2.20. The highest BCUT2D eigenvalue weighted by atomic mass is 16.5. The third kappa shape index (κ3) is 3.42. The highest BCUT2D eigenvalue weighted by molar-refractivity contribution is 5.95. The number of carbonyl (C=O) groups is 1. The van der Waals surface area contributed by atoms with Crippen LogP contribution in [0.5, 0.6) is 5.75 Å². The van der Waals surface area contributed by atoms with Gasteiger partial charge in [-0.1, -0.05) is 25.1 Å². The Labute approximate surface area is 124 Å². The van der Waals surface area contributed by atoms with E-state index in [1.54, 1.807) is 10.9 Å². The molecule has 0 spiro atoms. The van der Waals surface area contributed by atoms with E-state index in [0.29, 0.717) is 11.4 Å². The van der Waals surface area contributed by atoms with Crippen LogP contribution in [0.25, 0.3) is 5.69 Å². The lowest BCUT2D eigenvalue weighted by Crippen LogP contribution is -2.43. The smallest absolute Gasteiger partial charge is 0.276 e. The van der Waals surface area contributed by atoms with Crippen LogP contribution in [0.15, 0.2) is 36.5 Å². The lowest BCUT2D eigenvalue weighted by molar-refractivity contribution is 0.0902. The summed E-state index contributed by atoms with van der Waals surface area (Å²) in [6.07, 6.45) is 2.55. The van der Waals surface area contributed by atoms with E-state index in [1.807, 2.05) is 51.1 Å². The summed E-state index contributed by atoms with van der Waals surface area (Å²) in [5, 5.41) is 7.32. The molecular formula is C16H21N3O2. The Morgan fingerprint density at radius 2 is 2.00 bits per heavy atom. The molecule has 1 aromatic heterocycles. The fraction of sp³-hybridized carbons (Fsp3) is 0.375. The van der Waals surface area contributed by atoms with Crippen molar-refractivity contribution in [2.24, 2.45) is 0 Å². The average molecular weight is 287 g/mol. The van der Waals surface area contributed by atoms with Crippen molar-refractivity contribution in [3.8, 4) is 11.4 Å². The Balaban J connectivity index is 2.32. The van der Waals surface area contributed by atoms with Crippen LogP contribution >= 0.6 is 0 Å². The van der Waals surface area contributed by atoms with Gasteiger partial charge in [-0.3, -0.25) is 4.79 Å². The monoisotopic (exact) mass is 287 g/mol. The second-order valence-corrected chi connectivity index (χ2v) is 5.52. The van der Waals surface area contributed by atoms with Crippen LogP contribution < -0.4 is 10.1 Å². The van der Waals surface area contributed by atoms with Crippen molar-refractivity contribution in [1.29, 1.82) is 0 Å². The van der Waals surface area contributed by atoms with Crippen molar-refractivity contribution in [3.63, 3.8) is 0 Å². The first kappa shape index (κ1) is 15.1. The van der Waals surface area contributed by atoms with E-state index in [1.165, 1.54) is 7.11 Å². The minimum Gasteiger partial charge on any atom is -0.493 e. The first-order valence-electron chi connectivity index (χ1n) is 6.98. The predicted octanol–water partition coefficient (Wildman–Crippen LogP) is 2.80. The Morgan fingerprint density at radius 3 is 2.57 bits per heavy atom. The number of ether oxygens (including phenoxy) is 1. The van der Waals surface area contributed by atoms with Gasteiger partial charge in [0.1, 0.15) is 0 Å². The number of hydrogen-bond donors (Lipinski definition) is 1. The summed E-state index contributed by atoms with van der Waals surface area (Å²) in [4.78, 5) is 12.4. The first-order chi connectivity index (χ1) is 9.96. The van der Waals surface area contributed by atoms with Crippen LogP contribution in [0.3, 0.4) is 0 Å². The number of carbonyl (C=O) groups excluding carboxylic acids is 1. The molecule has 0 saturated heterocycles. The number of amides is 1. The Kier molecular flexibility index (Phi) is 4.31. The number of nitrogens with zero attached hydrogens (tertiary/aromatic N) is 2. The molecule has 2 rings (SSSR count). The molecule has 0 saturated carbocycles.